The number of carbonyl (C=O) groups is 1. The molecule has 0 radical (unpaired) electrons. The second kappa shape index (κ2) is 5.29. The van der Waals surface area contributed by atoms with Crippen molar-refractivity contribution in [3.63, 3.8) is 0 Å². The number of nitrogens with one attached hydrogen (secondary N) is 1. The van der Waals surface area contributed by atoms with Gasteiger partial charge in [-0.1, -0.05) is 18.2 Å². The summed E-state index contributed by atoms with van der Waals surface area (Å²) in [5, 5.41) is 1.28. The first kappa shape index (κ1) is 10.6. The van der Waals surface area contributed by atoms with E-state index in [2.05, 4.69) is 28.9 Å². The Morgan fingerprint density at radius 1 is 1.36 bits per heavy atom. The standard InChI is InChI=1S/C8H7N.C2H4ClNO/c1-2-4-8-7(3-1)5-6-9-8;3-1-2(4)5/h1-6,9H;1H2,(H2,4,5). The summed E-state index contributed by atoms with van der Waals surface area (Å²) >= 11 is 4.86. The van der Waals surface area contributed by atoms with E-state index in [1.165, 1.54) is 10.9 Å². The first-order valence-corrected chi connectivity index (χ1v) is 4.64. The molecule has 0 saturated heterocycles. The second-order valence-corrected chi connectivity index (χ2v) is 2.93. The van der Waals surface area contributed by atoms with Gasteiger partial charge in [-0.2, -0.15) is 0 Å². The predicted octanol–water partition coefficient (Wildman–Crippen LogP) is 1.88. The Bertz CT molecular complexity index is 381. The van der Waals surface area contributed by atoms with Gasteiger partial charge in [-0.05, 0) is 17.5 Å². The number of alkyl halides is 1. The Balaban J connectivity index is 0.000000171. The SMILES string of the molecule is NC(=O)CCl.c1ccc2[nH]ccc2c1. The Morgan fingerprint density at radius 2 is 2.00 bits per heavy atom. The molecule has 0 aliphatic heterocycles. The molecule has 0 fully saturated rings. The molecule has 0 aliphatic carbocycles. The van der Waals surface area contributed by atoms with Crippen LogP contribution in [0.2, 0.25) is 0 Å². The Morgan fingerprint density at radius 3 is 2.57 bits per heavy atom. The van der Waals surface area contributed by atoms with E-state index < -0.39 is 5.91 Å². The topological polar surface area (TPSA) is 58.9 Å². The average molecular weight is 211 g/mol. The number of nitrogens with two attached hydrogens (primary N) is 1. The summed E-state index contributed by atoms with van der Waals surface area (Å²) in [6.45, 7) is 0. The summed E-state index contributed by atoms with van der Waals surface area (Å²) in [5.41, 5.74) is 5.73. The van der Waals surface area contributed by atoms with Gasteiger partial charge in [0.2, 0.25) is 5.91 Å². The zero-order chi connectivity index (χ0) is 10.4. The van der Waals surface area contributed by atoms with Crippen LogP contribution in [0.15, 0.2) is 36.5 Å². The molecule has 3 N–H and O–H groups in total. The molecule has 0 spiro atoms. The van der Waals surface area contributed by atoms with Crippen LogP contribution in [-0.2, 0) is 4.79 Å². The van der Waals surface area contributed by atoms with Crippen molar-refractivity contribution in [2.24, 2.45) is 5.73 Å². The maximum atomic E-state index is 9.46. The van der Waals surface area contributed by atoms with E-state index in [1.807, 2.05) is 18.3 Å². The van der Waals surface area contributed by atoms with Gasteiger partial charge < -0.3 is 10.7 Å². The molecule has 1 heterocycles. The molecule has 14 heavy (non-hydrogen) atoms. The van der Waals surface area contributed by atoms with Crippen LogP contribution in [0.25, 0.3) is 10.9 Å². The van der Waals surface area contributed by atoms with Gasteiger partial charge in [-0.3, -0.25) is 4.79 Å². The minimum absolute atomic E-state index is 0.0833. The lowest BCUT2D eigenvalue weighted by Crippen LogP contribution is -2.10. The van der Waals surface area contributed by atoms with Gasteiger partial charge in [0.05, 0.1) is 0 Å². The van der Waals surface area contributed by atoms with Crippen molar-refractivity contribution in [3.8, 4) is 0 Å². The van der Waals surface area contributed by atoms with Gasteiger partial charge in [-0.15, -0.1) is 11.6 Å². The van der Waals surface area contributed by atoms with Crippen molar-refractivity contribution in [3.05, 3.63) is 36.5 Å². The van der Waals surface area contributed by atoms with Gasteiger partial charge >= 0.3 is 0 Å². The molecular formula is C10H11ClN2O. The third-order valence-electron chi connectivity index (χ3n) is 1.59. The van der Waals surface area contributed by atoms with E-state index in [9.17, 15) is 4.79 Å². The molecular weight excluding hydrogens is 200 g/mol. The summed E-state index contributed by atoms with van der Waals surface area (Å²) in [6.07, 6.45) is 1.95. The number of H-pyrrole nitrogens is 1. The molecule has 3 nitrogen and oxygen atoms in total. The molecule has 74 valence electrons. The number of benzene rings is 1. The highest BCUT2D eigenvalue weighted by Gasteiger charge is 1.86. The fourth-order valence-electron chi connectivity index (χ4n) is 0.995. The maximum absolute atomic E-state index is 9.46. The lowest BCUT2D eigenvalue weighted by molar-refractivity contribution is -0.115. The Labute approximate surface area is 86.9 Å². The van der Waals surface area contributed by atoms with Crippen LogP contribution < -0.4 is 5.73 Å². The van der Waals surface area contributed by atoms with E-state index in [0.717, 1.165) is 0 Å². The van der Waals surface area contributed by atoms with Gasteiger partial charge in [-0.25, -0.2) is 0 Å². The quantitative estimate of drug-likeness (QED) is 0.694. The van der Waals surface area contributed by atoms with Crippen LogP contribution in [0, 0.1) is 0 Å². The van der Waals surface area contributed by atoms with Crippen molar-refractivity contribution in [1.29, 1.82) is 0 Å². The summed E-state index contributed by atoms with van der Waals surface area (Å²) in [6, 6.07) is 10.3. The number of hydrogen-bond acceptors (Lipinski definition) is 1. The minimum Gasteiger partial charge on any atom is -0.369 e. The first-order chi connectivity index (χ1) is 6.74. The summed E-state index contributed by atoms with van der Waals surface area (Å²) in [4.78, 5) is 12.6. The minimum atomic E-state index is -0.480. The van der Waals surface area contributed by atoms with Gasteiger partial charge in [0.25, 0.3) is 0 Å². The highest BCUT2D eigenvalue weighted by molar-refractivity contribution is 6.27. The molecule has 0 atom stereocenters. The largest absolute Gasteiger partial charge is 0.369 e. The van der Waals surface area contributed by atoms with Crippen LogP contribution in [0.4, 0.5) is 0 Å². The van der Waals surface area contributed by atoms with Gasteiger partial charge in [0, 0.05) is 11.7 Å². The van der Waals surface area contributed by atoms with E-state index >= 15 is 0 Å². The molecule has 1 aromatic carbocycles. The smallest absolute Gasteiger partial charge is 0.232 e. The molecule has 0 aliphatic rings. The fourth-order valence-corrected chi connectivity index (χ4v) is 0.995. The number of para-hydroxylation sites is 1. The van der Waals surface area contributed by atoms with E-state index in [1.54, 1.807) is 0 Å². The average Bonchev–Trinajstić information content (AvgIpc) is 2.66. The number of carbonyl (C=O) groups excluding carboxylic acids is 1. The predicted molar refractivity (Wildman–Crippen MR) is 58.2 cm³/mol. The van der Waals surface area contributed by atoms with Crippen molar-refractivity contribution >= 4 is 28.4 Å². The number of primary amides is 1. The third-order valence-corrected chi connectivity index (χ3v) is 1.86. The van der Waals surface area contributed by atoms with Crippen LogP contribution in [-0.4, -0.2) is 16.8 Å². The van der Waals surface area contributed by atoms with Crippen LogP contribution in [0.5, 0.6) is 0 Å². The van der Waals surface area contributed by atoms with E-state index in [-0.39, 0.29) is 5.88 Å². The van der Waals surface area contributed by atoms with E-state index in [4.69, 9.17) is 11.6 Å². The molecule has 0 bridgehead atoms. The number of aromatic amines is 1. The Kier molecular flexibility index (Phi) is 4.01. The lowest BCUT2D eigenvalue weighted by Gasteiger charge is -1.83. The van der Waals surface area contributed by atoms with Gasteiger partial charge in [0.1, 0.15) is 5.88 Å². The molecule has 0 unspecified atom stereocenters. The summed E-state index contributed by atoms with van der Waals surface area (Å²) < 4.78 is 0. The number of hydrogen-bond donors (Lipinski definition) is 2. The van der Waals surface area contributed by atoms with Crippen LogP contribution in [0.1, 0.15) is 0 Å². The zero-order valence-corrected chi connectivity index (χ0v) is 8.29. The molecule has 2 aromatic rings. The second-order valence-electron chi connectivity index (χ2n) is 2.66. The number of fused-ring (bicyclic) bond motifs is 1. The molecule has 1 aromatic heterocycles. The van der Waals surface area contributed by atoms with Crippen molar-refractivity contribution in [2.75, 3.05) is 5.88 Å². The zero-order valence-electron chi connectivity index (χ0n) is 7.53. The fraction of sp³-hybridized carbons (Fsp3) is 0.100. The highest BCUT2D eigenvalue weighted by atomic mass is 35.5. The monoisotopic (exact) mass is 210 g/mol. The summed E-state index contributed by atoms with van der Waals surface area (Å²) in [7, 11) is 0. The van der Waals surface area contributed by atoms with Crippen molar-refractivity contribution in [2.45, 2.75) is 0 Å². The normalized spacial score (nSPS) is 9.21. The van der Waals surface area contributed by atoms with Crippen LogP contribution in [0.3, 0.4) is 0 Å². The Hall–Kier alpha value is -1.48. The van der Waals surface area contributed by atoms with E-state index in [0.29, 0.717) is 0 Å². The molecule has 1 amide bonds. The highest BCUT2D eigenvalue weighted by Crippen LogP contribution is 2.09. The van der Waals surface area contributed by atoms with Crippen molar-refractivity contribution < 1.29 is 4.79 Å². The van der Waals surface area contributed by atoms with Crippen LogP contribution >= 0.6 is 11.6 Å². The third kappa shape index (κ3) is 3.11. The van der Waals surface area contributed by atoms with Gasteiger partial charge in [0.15, 0.2) is 0 Å². The number of aromatic nitrogens is 1. The first-order valence-electron chi connectivity index (χ1n) is 4.10. The number of halogens is 1. The lowest BCUT2D eigenvalue weighted by atomic mass is 10.3. The summed E-state index contributed by atoms with van der Waals surface area (Å²) in [5.74, 6) is -0.563. The number of amides is 1. The maximum Gasteiger partial charge on any atom is 0.232 e. The van der Waals surface area contributed by atoms with Crippen molar-refractivity contribution in [1.82, 2.24) is 4.98 Å². The number of rotatable bonds is 1. The molecule has 4 heteroatoms. The molecule has 2 rings (SSSR count). The molecule has 0 saturated carbocycles.